The van der Waals surface area contributed by atoms with Gasteiger partial charge >= 0.3 is 5.97 Å². The van der Waals surface area contributed by atoms with Crippen molar-refractivity contribution in [2.24, 2.45) is 5.92 Å². The molecule has 2 fully saturated rings. The van der Waals surface area contributed by atoms with Crippen LogP contribution in [0, 0.1) is 5.92 Å². The monoisotopic (exact) mass is 285 g/mol. The van der Waals surface area contributed by atoms with E-state index in [0.29, 0.717) is 26.1 Å². The molecule has 2 rings (SSSR count). The lowest BCUT2D eigenvalue weighted by Crippen LogP contribution is -2.39. The van der Waals surface area contributed by atoms with Crippen molar-refractivity contribution in [2.75, 3.05) is 26.3 Å². The molecule has 6 nitrogen and oxygen atoms in total. The van der Waals surface area contributed by atoms with Gasteiger partial charge < -0.3 is 19.5 Å². The van der Waals surface area contributed by atoms with Crippen LogP contribution in [0.25, 0.3) is 0 Å². The van der Waals surface area contributed by atoms with E-state index >= 15 is 0 Å². The van der Waals surface area contributed by atoms with Gasteiger partial charge in [0, 0.05) is 19.7 Å². The molecule has 2 aliphatic heterocycles. The summed E-state index contributed by atoms with van der Waals surface area (Å²) in [7, 11) is 0. The fraction of sp³-hybridized carbons (Fsp3) is 0.857. The second-order valence-corrected chi connectivity index (χ2v) is 5.57. The first-order chi connectivity index (χ1) is 9.58. The molecule has 0 aromatic heterocycles. The van der Waals surface area contributed by atoms with Crippen molar-refractivity contribution in [3.8, 4) is 0 Å². The molecular formula is C14H23NO5. The van der Waals surface area contributed by atoms with Crippen LogP contribution in [-0.2, 0) is 19.1 Å². The molecule has 20 heavy (non-hydrogen) atoms. The van der Waals surface area contributed by atoms with E-state index in [2.05, 4.69) is 0 Å². The van der Waals surface area contributed by atoms with Gasteiger partial charge in [-0.25, -0.2) is 0 Å². The lowest BCUT2D eigenvalue weighted by molar-refractivity contribution is -0.146. The van der Waals surface area contributed by atoms with Gasteiger partial charge in [-0.2, -0.15) is 0 Å². The molecule has 2 heterocycles. The van der Waals surface area contributed by atoms with Crippen molar-refractivity contribution in [3.63, 3.8) is 0 Å². The Morgan fingerprint density at radius 3 is 2.80 bits per heavy atom. The maximum Gasteiger partial charge on any atom is 0.308 e. The predicted molar refractivity (Wildman–Crippen MR) is 71.3 cm³/mol. The van der Waals surface area contributed by atoms with Crippen LogP contribution in [0.1, 0.15) is 32.6 Å². The van der Waals surface area contributed by atoms with Crippen LogP contribution in [0.4, 0.5) is 0 Å². The Balaban J connectivity index is 1.73. The standard InChI is InChI=1S/C14H23NO5/c1-10(20-9-12-4-2-3-7-19-12)13(16)15-6-5-11(8-15)14(17)18/h10-12H,2-9H2,1H3,(H,17,18)/t10-,11+,12-/m0/s1. The topological polar surface area (TPSA) is 76.1 Å². The van der Waals surface area contributed by atoms with Crippen molar-refractivity contribution in [1.29, 1.82) is 0 Å². The zero-order valence-electron chi connectivity index (χ0n) is 11.9. The van der Waals surface area contributed by atoms with Crippen molar-refractivity contribution < 1.29 is 24.2 Å². The van der Waals surface area contributed by atoms with E-state index in [9.17, 15) is 9.59 Å². The molecule has 0 aromatic carbocycles. The Hall–Kier alpha value is -1.14. The molecule has 3 atom stereocenters. The molecule has 0 aliphatic carbocycles. The molecule has 0 spiro atoms. The van der Waals surface area contributed by atoms with Gasteiger partial charge in [-0.3, -0.25) is 9.59 Å². The molecule has 0 radical (unpaired) electrons. The van der Waals surface area contributed by atoms with Crippen molar-refractivity contribution >= 4 is 11.9 Å². The zero-order valence-corrected chi connectivity index (χ0v) is 11.9. The molecule has 1 N–H and O–H groups in total. The summed E-state index contributed by atoms with van der Waals surface area (Å²) in [5.41, 5.74) is 0. The highest BCUT2D eigenvalue weighted by molar-refractivity contribution is 5.82. The Morgan fingerprint density at radius 2 is 2.20 bits per heavy atom. The second kappa shape index (κ2) is 7.04. The van der Waals surface area contributed by atoms with E-state index in [1.54, 1.807) is 11.8 Å². The van der Waals surface area contributed by atoms with Gasteiger partial charge in [0.15, 0.2) is 0 Å². The number of aliphatic carboxylic acids is 1. The minimum Gasteiger partial charge on any atom is -0.481 e. The third kappa shape index (κ3) is 3.93. The molecule has 0 aromatic rings. The van der Waals surface area contributed by atoms with Crippen LogP contribution in [0.15, 0.2) is 0 Å². The largest absolute Gasteiger partial charge is 0.481 e. The van der Waals surface area contributed by atoms with Gasteiger partial charge in [0.25, 0.3) is 5.91 Å². The number of carboxylic acid groups (broad SMARTS) is 1. The molecule has 2 aliphatic rings. The molecule has 0 unspecified atom stereocenters. The van der Waals surface area contributed by atoms with E-state index in [1.165, 1.54) is 0 Å². The third-order valence-electron chi connectivity index (χ3n) is 4.00. The van der Waals surface area contributed by atoms with Gasteiger partial charge in [0.05, 0.1) is 18.6 Å². The van der Waals surface area contributed by atoms with Crippen molar-refractivity contribution in [1.82, 2.24) is 4.90 Å². The number of hydrogen-bond acceptors (Lipinski definition) is 4. The normalized spacial score (nSPS) is 28.4. The van der Waals surface area contributed by atoms with Gasteiger partial charge in [-0.1, -0.05) is 0 Å². The van der Waals surface area contributed by atoms with Crippen molar-refractivity contribution in [3.05, 3.63) is 0 Å². The third-order valence-corrected chi connectivity index (χ3v) is 4.00. The van der Waals surface area contributed by atoms with E-state index < -0.39 is 18.0 Å². The van der Waals surface area contributed by atoms with Crippen LogP contribution in [-0.4, -0.2) is 60.4 Å². The minimum absolute atomic E-state index is 0.0874. The first-order valence-electron chi connectivity index (χ1n) is 7.32. The van der Waals surface area contributed by atoms with Crippen LogP contribution in [0.5, 0.6) is 0 Å². The number of amides is 1. The summed E-state index contributed by atoms with van der Waals surface area (Å²) in [4.78, 5) is 24.6. The fourth-order valence-corrected chi connectivity index (χ4v) is 2.68. The highest BCUT2D eigenvalue weighted by Crippen LogP contribution is 2.18. The predicted octanol–water partition coefficient (Wildman–Crippen LogP) is 0.894. The Bertz CT molecular complexity index is 353. The Labute approximate surface area is 119 Å². The Morgan fingerprint density at radius 1 is 1.40 bits per heavy atom. The minimum atomic E-state index is -0.829. The molecule has 114 valence electrons. The summed E-state index contributed by atoms with van der Waals surface area (Å²) < 4.78 is 11.1. The molecule has 1 amide bonds. The van der Waals surface area contributed by atoms with Crippen LogP contribution >= 0.6 is 0 Å². The molecule has 2 saturated heterocycles. The number of likely N-dealkylation sites (tertiary alicyclic amines) is 1. The summed E-state index contributed by atoms with van der Waals surface area (Å²) in [6.07, 6.45) is 3.29. The molecule has 0 bridgehead atoms. The number of hydrogen-bond donors (Lipinski definition) is 1. The molecule has 0 saturated carbocycles. The summed E-state index contributed by atoms with van der Waals surface area (Å²) in [6, 6.07) is 0. The lowest BCUT2D eigenvalue weighted by Gasteiger charge is -2.25. The smallest absolute Gasteiger partial charge is 0.308 e. The fourth-order valence-electron chi connectivity index (χ4n) is 2.68. The number of rotatable bonds is 5. The highest BCUT2D eigenvalue weighted by atomic mass is 16.5. The highest BCUT2D eigenvalue weighted by Gasteiger charge is 2.33. The summed E-state index contributed by atoms with van der Waals surface area (Å²) >= 11 is 0. The van der Waals surface area contributed by atoms with Crippen LogP contribution in [0.2, 0.25) is 0 Å². The number of nitrogens with zero attached hydrogens (tertiary/aromatic N) is 1. The van der Waals surface area contributed by atoms with E-state index in [-0.39, 0.29) is 12.0 Å². The molecular weight excluding hydrogens is 262 g/mol. The van der Waals surface area contributed by atoms with Crippen LogP contribution in [0.3, 0.4) is 0 Å². The van der Waals surface area contributed by atoms with Gasteiger partial charge in [0.2, 0.25) is 0 Å². The number of carbonyl (C=O) groups is 2. The quantitative estimate of drug-likeness (QED) is 0.812. The second-order valence-electron chi connectivity index (χ2n) is 5.57. The summed E-state index contributed by atoms with van der Waals surface area (Å²) in [6.45, 7) is 3.72. The average molecular weight is 285 g/mol. The average Bonchev–Trinajstić information content (AvgIpc) is 2.95. The van der Waals surface area contributed by atoms with E-state index in [4.69, 9.17) is 14.6 Å². The number of ether oxygens (including phenoxy) is 2. The maximum absolute atomic E-state index is 12.2. The SMILES string of the molecule is C[C@H](OC[C@@H]1CCCCO1)C(=O)N1CC[C@@H](C(=O)O)C1. The van der Waals surface area contributed by atoms with E-state index in [0.717, 1.165) is 25.9 Å². The first-order valence-corrected chi connectivity index (χ1v) is 7.32. The van der Waals surface area contributed by atoms with Crippen LogP contribution < -0.4 is 0 Å². The van der Waals surface area contributed by atoms with Gasteiger partial charge in [-0.15, -0.1) is 0 Å². The van der Waals surface area contributed by atoms with Crippen molar-refractivity contribution in [2.45, 2.75) is 44.8 Å². The molecule has 6 heteroatoms. The zero-order chi connectivity index (χ0) is 14.5. The first kappa shape index (κ1) is 15.3. The Kier molecular flexibility index (Phi) is 5.37. The number of carbonyl (C=O) groups excluding carboxylic acids is 1. The number of carboxylic acids is 1. The lowest BCUT2D eigenvalue weighted by atomic mass is 10.1. The van der Waals surface area contributed by atoms with E-state index in [1.807, 2.05) is 0 Å². The summed E-state index contributed by atoms with van der Waals surface area (Å²) in [5.74, 6) is -1.39. The summed E-state index contributed by atoms with van der Waals surface area (Å²) in [5, 5.41) is 8.94. The van der Waals surface area contributed by atoms with Gasteiger partial charge in [-0.05, 0) is 32.6 Å². The van der Waals surface area contributed by atoms with Gasteiger partial charge in [0.1, 0.15) is 6.10 Å². The maximum atomic E-state index is 12.2.